The van der Waals surface area contributed by atoms with Crippen LogP contribution in [0.4, 0.5) is 0 Å². The van der Waals surface area contributed by atoms with E-state index < -0.39 is 0 Å². The largest absolute Gasteiger partial charge is 0.351 e. The number of aromatic nitrogens is 1. The fraction of sp³-hybridized carbons (Fsp3) is 0.368. The maximum absolute atomic E-state index is 12.2. The fourth-order valence-corrected chi connectivity index (χ4v) is 2.94. The summed E-state index contributed by atoms with van der Waals surface area (Å²) >= 11 is 0. The average molecular weight is 309 g/mol. The number of rotatable bonds is 5. The molecule has 2 heterocycles. The van der Waals surface area contributed by atoms with Gasteiger partial charge in [-0.15, -0.1) is 0 Å². The summed E-state index contributed by atoms with van der Waals surface area (Å²) < 4.78 is 0. The third kappa shape index (κ3) is 4.17. The quantitative estimate of drug-likeness (QED) is 0.924. The van der Waals surface area contributed by atoms with Gasteiger partial charge in [-0.3, -0.25) is 9.78 Å². The highest BCUT2D eigenvalue weighted by Gasteiger charge is 2.12. The van der Waals surface area contributed by atoms with Crippen LogP contribution in [0.2, 0.25) is 0 Å². The first kappa shape index (κ1) is 15.7. The van der Waals surface area contributed by atoms with Crippen LogP contribution in [-0.4, -0.2) is 42.0 Å². The van der Waals surface area contributed by atoms with Crippen LogP contribution < -0.4 is 5.32 Å². The molecule has 1 N–H and O–H groups in total. The van der Waals surface area contributed by atoms with Crippen molar-refractivity contribution in [3.8, 4) is 11.3 Å². The molecule has 3 rings (SSSR count). The normalized spacial score (nSPS) is 14.8. The van der Waals surface area contributed by atoms with Crippen molar-refractivity contribution in [2.45, 2.75) is 19.8 Å². The van der Waals surface area contributed by atoms with Crippen LogP contribution in [-0.2, 0) is 0 Å². The van der Waals surface area contributed by atoms with E-state index in [-0.39, 0.29) is 5.91 Å². The number of carbonyl (C=O) groups excluding carboxylic acids is 1. The summed E-state index contributed by atoms with van der Waals surface area (Å²) in [6.45, 7) is 6.00. The highest BCUT2D eigenvalue weighted by atomic mass is 16.1. The van der Waals surface area contributed by atoms with Crippen molar-refractivity contribution in [2.24, 2.45) is 0 Å². The van der Waals surface area contributed by atoms with E-state index in [0.29, 0.717) is 12.1 Å². The summed E-state index contributed by atoms with van der Waals surface area (Å²) in [5.74, 6) is -0.0486. The summed E-state index contributed by atoms with van der Waals surface area (Å²) in [5, 5.41) is 2.97. The molecule has 0 atom stereocenters. The van der Waals surface area contributed by atoms with Gasteiger partial charge in [-0.25, -0.2) is 0 Å². The number of nitrogens with one attached hydrogen (secondary N) is 1. The lowest BCUT2D eigenvalue weighted by molar-refractivity contribution is 0.0949. The van der Waals surface area contributed by atoms with Crippen LogP contribution in [0.3, 0.4) is 0 Å². The van der Waals surface area contributed by atoms with Gasteiger partial charge in [-0.2, -0.15) is 0 Å². The zero-order valence-corrected chi connectivity index (χ0v) is 13.6. The molecule has 1 amide bonds. The third-order valence-electron chi connectivity index (χ3n) is 4.25. The van der Waals surface area contributed by atoms with Crippen LogP contribution >= 0.6 is 0 Å². The molecule has 1 fully saturated rings. The Bertz CT molecular complexity index is 661. The molecule has 4 nitrogen and oxygen atoms in total. The van der Waals surface area contributed by atoms with E-state index in [1.54, 1.807) is 6.20 Å². The number of nitrogens with zero attached hydrogens (tertiary/aromatic N) is 2. The van der Waals surface area contributed by atoms with E-state index >= 15 is 0 Å². The number of benzene rings is 1. The van der Waals surface area contributed by atoms with Crippen molar-refractivity contribution in [1.29, 1.82) is 0 Å². The second-order valence-corrected chi connectivity index (χ2v) is 6.11. The van der Waals surface area contributed by atoms with E-state index in [1.807, 2.05) is 24.3 Å². The second kappa shape index (κ2) is 7.38. The van der Waals surface area contributed by atoms with Crippen molar-refractivity contribution >= 4 is 5.91 Å². The molecule has 1 aromatic heterocycles. The highest BCUT2D eigenvalue weighted by Crippen LogP contribution is 2.18. The standard InChI is InChI=1S/C19H23N3O/c1-15-5-4-6-16(13-15)18-8-7-17(14-21-18)19(23)20-9-12-22-10-2-3-11-22/h4-8,13-14H,2-3,9-12H2,1H3,(H,20,23). The van der Waals surface area contributed by atoms with Gasteiger partial charge in [0.25, 0.3) is 5.91 Å². The number of pyridine rings is 1. The minimum Gasteiger partial charge on any atom is -0.351 e. The molecule has 1 aliphatic heterocycles. The summed E-state index contributed by atoms with van der Waals surface area (Å²) in [4.78, 5) is 19.0. The van der Waals surface area contributed by atoms with Crippen molar-refractivity contribution in [1.82, 2.24) is 15.2 Å². The molecular weight excluding hydrogens is 286 g/mol. The average Bonchev–Trinajstić information content (AvgIpc) is 3.08. The minimum atomic E-state index is -0.0486. The van der Waals surface area contributed by atoms with Gasteiger partial charge in [-0.1, -0.05) is 23.8 Å². The van der Waals surface area contributed by atoms with Crippen LogP contribution in [0.15, 0.2) is 42.6 Å². The number of amides is 1. The second-order valence-electron chi connectivity index (χ2n) is 6.11. The van der Waals surface area contributed by atoms with Gasteiger partial charge in [0.1, 0.15) is 0 Å². The molecule has 0 bridgehead atoms. The molecule has 23 heavy (non-hydrogen) atoms. The SMILES string of the molecule is Cc1cccc(-c2ccc(C(=O)NCCN3CCCC3)cn2)c1. The number of hydrogen-bond acceptors (Lipinski definition) is 3. The topological polar surface area (TPSA) is 45.2 Å². The van der Waals surface area contributed by atoms with Crippen molar-refractivity contribution < 1.29 is 4.79 Å². The lowest BCUT2D eigenvalue weighted by Crippen LogP contribution is -2.33. The first-order chi connectivity index (χ1) is 11.2. The number of hydrogen-bond donors (Lipinski definition) is 1. The Morgan fingerprint density at radius 3 is 2.74 bits per heavy atom. The van der Waals surface area contributed by atoms with Crippen molar-refractivity contribution in [3.63, 3.8) is 0 Å². The Kier molecular flexibility index (Phi) is 5.03. The van der Waals surface area contributed by atoms with Crippen LogP contribution in [0.25, 0.3) is 11.3 Å². The summed E-state index contributed by atoms with van der Waals surface area (Å²) in [7, 11) is 0. The highest BCUT2D eigenvalue weighted by molar-refractivity contribution is 5.94. The van der Waals surface area contributed by atoms with E-state index in [4.69, 9.17) is 0 Å². The van der Waals surface area contributed by atoms with Gasteiger partial charge >= 0.3 is 0 Å². The van der Waals surface area contributed by atoms with E-state index in [0.717, 1.165) is 30.9 Å². The zero-order valence-electron chi connectivity index (χ0n) is 13.6. The van der Waals surface area contributed by atoms with E-state index in [9.17, 15) is 4.79 Å². The molecule has 0 aliphatic carbocycles. The third-order valence-corrected chi connectivity index (χ3v) is 4.25. The Morgan fingerprint density at radius 1 is 1.22 bits per heavy atom. The number of likely N-dealkylation sites (tertiary alicyclic amines) is 1. The molecule has 0 saturated carbocycles. The molecule has 1 aromatic carbocycles. The predicted octanol–water partition coefficient (Wildman–Crippen LogP) is 2.88. The molecule has 1 saturated heterocycles. The van der Waals surface area contributed by atoms with Crippen LogP contribution in [0, 0.1) is 6.92 Å². The van der Waals surface area contributed by atoms with Crippen molar-refractivity contribution in [2.75, 3.05) is 26.2 Å². The summed E-state index contributed by atoms with van der Waals surface area (Å²) in [6, 6.07) is 12.0. The number of aryl methyl sites for hydroxylation is 1. The molecule has 1 aliphatic rings. The predicted molar refractivity (Wildman–Crippen MR) is 92.4 cm³/mol. The van der Waals surface area contributed by atoms with Gasteiger partial charge in [0.05, 0.1) is 11.3 Å². The van der Waals surface area contributed by atoms with Gasteiger partial charge in [-0.05, 0) is 51.1 Å². The number of carbonyl (C=O) groups is 1. The molecule has 120 valence electrons. The Balaban J connectivity index is 1.56. The van der Waals surface area contributed by atoms with Gasteiger partial charge < -0.3 is 10.2 Å². The first-order valence-electron chi connectivity index (χ1n) is 8.26. The minimum absolute atomic E-state index is 0.0486. The Labute approximate surface area is 137 Å². The summed E-state index contributed by atoms with van der Waals surface area (Å²) in [6.07, 6.45) is 4.21. The molecule has 2 aromatic rings. The maximum Gasteiger partial charge on any atom is 0.252 e. The zero-order chi connectivity index (χ0) is 16.1. The smallest absolute Gasteiger partial charge is 0.252 e. The fourth-order valence-electron chi connectivity index (χ4n) is 2.94. The lowest BCUT2D eigenvalue weighted by Gasteiger charge is -2.14. The molecule has 0 radical (unpaired) electrons. The molecule has 4 heteroatoms. The van der Waals surface area contributed by atoms with Crippen molar-refractivity contribution in [3.05, 3.63) is 53.7 Å². The lowest BCUT2D eigenvalue weighted by atomic mass is 10.1. The van der Waals surface area contributed by atoms with Gasteiger partial charge in [0.2, 0.25) is 0 Å². The van der Waals surface area contributed by atoms with E-state index in [1.165, 1.54) is 18.4 Å². The molecule has 0 unspecified atom stereocenters. The Morgan fingerprint density at radius 2 is 2.04 bits per heavy atom. The monoisotopic (exact) mass is 309 g/mol. The first-order valence-corrected chi connectivity index (χ1v) is 8.26. The van der Waals surface area contributed by atoms with Gasteiger partial charge in [0, 0.05) is 24.8 Å². The Hall–Kier alpha value is -2.20. The van der Waals surface area contributed by atoms with Gasteiger partial charge in [0.15, 0.2) is 0 Å². The van der Waals surface area contributed by atoms with E-state index in [2.05, 4.69) is 34.3 Å². The maximum atomic E-state index is 12.2. The van der Waals surface area contributed by atoms with Crippen LogP contribution in [0.5, 0.6) is 0 Å². The summed E-state index contributed by atoms with van der Waals surface area (Å²) in [5.41, 5.74) is 3.78. The molecular formula is C19H23N3O. The van der Waals surface area contributed by atoms with Crippen LogP contribution in [0.1, 0.15) is 28.8 Å². The molecule has 0 spiro atoms.